The Labute approximate surface area is 95.5 Å². The Kier molecular flexibility index (Phi) is 2.44. The molecule has 0 spiro atoms. The summed E-state index contributed by atoms with van der Waals surface area (Å²) in [5.41, 5.74) is 1.58. The first-order chi connectivity index (χ1) is 7.11. The second-order valence-corrected chi connectivity index (χ2v) is 4.05. The van der Waals surface area contributed by atoms with E-state index in [-0.39, 0.29) is 11.8 Å². The molecule has 1 heterocycles. The summed E-state index contributed by atoms with van der Waals surface area (Å²) in [6.07, 6.45) is 2.55. The molecule has 4 heteroatoms. The second-order valence-electron chi connectivity index (χ2n) is 3.25. The van der Waals surface area contributed by atoms with E-state index in [1.807, 2.05) is 19.1 Å². The van der Waals surface area contributed by atoms with Gasteiger partial charge in [0, 0.05) is 16.6 Å². The Bertz CT molecular complexity index is 461. The molecule has 0 aromatic heterocycles. The number of imide groups is 1. The lowest BCUT2D eigenvalue weighted by Gasteiger charge is -2.16. The molecule has 0 aliphatic carbocycles. The number of anilines is 1. The minimum atomic E-state index is -0.300. The number of carbonyl (C=O) groups excluding carboxylic acids is 2. The van der Waals surface area contributed by atoms with E-state index in [1.54, 1.807) is 6.07 Å². The lowest BCUT2D eigenvalue weighted by Crippen LogP contribution is -2.29. The van der Waals surface area contributed by atoms with Crippen LogP contribution in [0.4, 0.5) is 5.69 Å². The van der Waals surface area contributed by atoms with Crippen LogP contribution in [-0.2, 0) is 9.59 Å². The number of rotatable bonds is 1. The zero-order valence-electron chi connectivity index (χ0n) is 8.03. The van der Waals surface area contributed by atoms with Crippen molar-refractivity contribution in [2.24, 2.45) is 0 Å². The van der Waals surface area contributed by atoms with Crippen LogP contribution in [0.3, 0.4) is 0 Å². The van der Waals surface area contributed by atoms with E-state index in [9.17, 15) is 9.59 Å². The van der Waals surface area contributed by atoms with E-state index < -0.39 is 0 Å². The fourth-order valence-corrected chi connectivity index (χ4v) is 1.88. The van der Waals surface area contributed by atoms with Crippen LogP contribution in [0.5, 0.6) is 0 Å². The highest BCUT2D eigenvalue weighted by atomic mass is 79.9. The molecule has 0 atom stereocenters. The molecule has 1 aromatic rings. The molecule has 15 heavy (non-hydrogen) atoms. The number of halogens is 1. The third-order valence-corrected chi connectivity index (χ3v) is 3.25. The number of benzene rings is 1. The first kappa shape index (κ1) is 10.1. The minimum Gasteiger partial charge on any atom is -0.269 e. The molecule has 1 aliphatic heterocycles. The molecule has 0 N–H and O–H groups in total. The van der Waals surface area contributed by atoms with Crippen molar-refractivity contribution in [1.82, 2.24) is 0 Å². The zero-order valence-corrected chi connectivity index (χ0v) is 9.61. The van der Waals surface area contributed by atoms with Crippen molar-refractivity contribution in [1.29, 1.82) is 0 Å². The predicted molar refractivity (Wildman–Crippen MR) is 60.5 cm³/mol. The quantitative estimate of drug-likeness (QED) is 0.730. The lowest BCUT2D eigenvalue weighted by molar-refractivity contribution is -0.119. The Hall–Kier alpha value is -1.42. The van der Waals surface area contributed by atoms with Gasteiger partial charge in [-0.1, -0.05) is 12.1 Å². The maximum absolute atomic E-state index is 11.4. The number of carbonyl (C=O) groups is 2. The molecule has 0 saturated carbocycles. The van der Waals surface area contributed by atoms with Crippen LogP contribution in [0.1, 0.15) is 5.56 Å². The third-order valence-electron chi connectivity index (χ3n) is 2.22. The van der Waals surface area contributed by atoms with Gasteiger partial charge in [-0.2, -0.15) is 0 Å². The molecule has 1 aromatic carbocycles. The molecule has 0 radical (unpaired) electrons. The van der Waals surface area contributed by atoms with Gasteiger partial charge in [0.15, 0.2) is 0 Å². The summed E-state index contributed by atoms with van der Waals surface area (Å²) in [6, 6.07) is 5.46. The van der Waals surface area contributed by atoms with Gasteiger partial charge >= 0.3 is 0 Å². The second kappa shape index (κ2) is 3.62. The van der Waals surface area contributed by atoms with E-state index in [4.69, 9.17) is 0 Å². The van der Waals surface area contributed by atoms with Crippen LogP contribution in [0, 0.1) is 6.92 Å². The van der Waals surface area contributed by atoms with E-state index in [0.29, 0.717) is 5.69 Å². The Morgan fingerprint density at radius 1 is 1.13 bits per heavy atom. The maximum atomic E-state index is 11.4. The van der Waals surface area contributed by atoms with E-state index in [1.165, 1.54) is 12.2 Å². The van der Waals surface area contributed by atoms with E-state index in [2.05, 4.69) is 15.9 Å². The molecule has 76 valence electrons. The van der Waals surface area contributed by atoms with Gasteiger partial charge in [0.25, 0.3) is 11.8 Å². The van der Waals surface area contributed by atoms with Crippen molar-refractivity contribution in [2.75, 3.05) is 4.90 Å². The number of hydrogen-bond donors (Lipinski definition) is 0. The van der Waals surface area contributed by atoms with Gasteiger partial charge in [0.1, 0.15) is 0 Å². The molecule has 2 rings (SSSR count). The van der Waals surface area contributed by atoms with Crippen molar-refractivity contribution < 1.29 is 9.59 Å². The maximum Gasteiger partial charge on any atom is 0.258 e. The van der Waals surface area contributed by atoms with Crippen molar-refractivity contribution in [3.05, 3.63) is 40.4 Å². The summed E-state index contributed by atoms with van der Waals surface area (Å²) in [5.74, 6) is -0.599. The Balaban J connectivity index is 2.51. The van der Waals surface area contributed by atoms with Crippen LogP contribution in [-0.4, -0.2) is 11.8 Å². The van der Waals surface area contributed by atoms with Crippen LogP contribution in [0.2, 0.25) is 0 Å². The first-order valence-corrected chi connectivity index (χ1v) is 5.22. The molecule has 2 amide bonds. The van der Waals surface area contributed by atoms with Crippen LogP contribution in [0.25, 0.3) is 0 Å². The summed E-state index contributed by atoms with van der Waals surface area (Å²) >= 11 is 3.37. The summed E-state index contributed by atoms with van der Waals surface area (Å²) in [7, 11) is 0. The number of nitrogens with zero attached hydrogens (tertiary/aromatic N) is 1. The van der Waals surface area contributed by atoms with E-state index in [0.717, 1.165) is 14.9 Å². The summed E-state index contributed by atoms with van der Waals surface area (Å²) in [6.45, 7) is 1.91. The molecule has 0 unspecified atom stereocenters. The van der Waals surface area contributed by atoms with Crippen molar-refractivity contribution >= 4 is 33.4 Å². The first-order valence-electron chi connectivity index (χ1n) is 4.42. The van der Waals surface area contributed by atoms with Crippen molar-refractivity contribution in [3.8, 4) is 0 Å². The molecular weight excluding hydrogens is 258 g/mol. The summed E-state index contributed by atoms with van der Waals surface area (Å²) < 4.78 is 0.774. The van der Waals surface area contributed by atoms with Crippen molar-refractivity contribution in [2.45, 2.75) is 6.92 Å². The average molecular weight is 266 g/mol. The largest absolute Gasteiger partial charge is 0.269 e. The monoisotopic (exact) mass is 265 g/mol. The minimum absolute atomic E-state index is 0.300. The van der Waals surface area contributed by atoms with Crippen LogP contribution < -0.4 is 4.90 Å². The Morgan fingerprint density at radius 2 is 1.73 bits per heavy atom. The molecular formula is C11H8BrNO2. The van der Waals surface area contributed by atoms with Gasteiger partial charge < -0.3 is 0 Å². The highest BCUT2D eigenvalue weighted by Crippen LogP contribution is 2.30. The standard InChI is InChI=1S/C11H8BrNO2/c1-7-3-2-4-8(11(7)12)13-9(14)5-6-10(13)15/h2-6H,1H3. The van der Waals surface area contributed by atoms with E-state index >= 15 is 0 Å². The van der Waals surface area contributed by atoms with Gasteiger partial charge in [-0.3, -0.25) is 9.59 Å². The predicted octanol–water partition coefficient (Wildman–Crippen LogP) is 2.19. The molecule has 0 saturated heterocycles. The SMILES string of the molecule is Cc1cccc(N2C(=O)C=CC2=O)c1Br. The summed E-state index contributed by atoms with van der Waals surface area (Å²) in [4.78, 5) is 24.0. The van der Waals surface area contributed by atoms with Gasteiger partial charge in [-0.15, -0.1) is 0 Å². The fraction of sp³-hybridized carbons (Fsp3) is 0.0909. The van der Waals surface area contributed by atoms with Gasteiger partial charge in [-0.25, -0.2) is 4.90 Å². The van der Waals surface area contributed by atoms with Gasteiger partial charge in [0.05, 0.1) is 5.69 Å². The van der Waals surface area contributed by atoms with Crippen LogP contribution >= 0.6 is 15.9 Å². The number of hydrogen-bond acceptors (Lipinski definition) is 2. The van der Waals surface area contributed by atoms with Gasteiger partial charge in [-0.05, 0) is 34.5 Å². The number of aryl methyl sites for hydroxylation is 1. The highest BCUT2D eigenvalue weighted by Gasteiger charge is 2.26. The van der Waals surface area contributed by atoms with Gasteiger partial charge in [0.2, 0.25) is 0 Å². The highest BCUT2D eigenvalue weighted by molar-refractivity contribution is 9.10. The topological polar surface area (TPSA) is 37.4 Å². The normalized spacial score (nSPS) is 15.2. The molecule has 0 fully saturated rings. The van der Waals surface area contributed by atoms with Crippen molar-refractivity contribution in [3.63, 3.8) is 0 Å². The lowest BCUT2D eigenvalue weighted by atomic mass is 10.2. The Morgan fingerprint density at radius 3 is 2.33 bits per heavy atom. The average Bonchev–Trinajstić information content (AvgIpc) is 2.52. The number of amides is 2. The molecule has 3 nitrogen and oxygen atoms in total. The third kappa shape index (κ3) is 1.61. The molecule has 1 aliphatic rings. The smallest absolute Gasteiger partial charge is 0.258 e. The van der Waals surface area contributed by atoms with Crippen LogP contribution in [0.15, 0.2) is 34.8 Å². The summed E-state index contributed by atoms with van der Waals surface area (Å²) in [5, 5.41) is 0. The molecule has 0 bridgehead atoms. The zero-order chi connectivity index (χ0) is 11.0. The fourth-order valence-electron chi connectivity index (χ4n) is 1.44.